The van der Waals surface area contributed by atoms with Gasteiger partial charge in [0.15, 0.2) is 0 Å². The number of alkyl halides is 3. The molecule has 0 saturated carbocycles. The quantitative estimate of drug-likeness (QED) is 0.821. The molecule has 3 nitrogen and oxygen atoms in total. The van der Waals surface area contributed by atoms with Gasteiger partial charge in [-0.25, -0.2) is 0 Å². The Hall–Kier alpha value is -1.27. The van der Waals surface area contributed by atoms with Gasteiger partial charge in [-0.2, -0.15) is 13.2 Å². The number of carbonyl (C=O) groups excluding carboxylic acids is 1. The molecule has 7 heteroatoms. The van der Waals surface area contributed by atoms with Crippen LogP contribution in [0.3, 0.4) is 0 Å². The molecule has 2 N–H and O–H groups in total. The first-order valence-electron chi connectivity index (χ1n) is 8.27. The van der Waals surface area contributed by atoms with Gasteiger partial charge in [-0.3, -0.25) is 4.79 Å². The standard InChI is InChI=1S/C18H25F3N2O.ClH/c1-17(2,3)15(23-16(24)12-7-9-22-10-8-12)13-5-4-6-14(11-13)18(19,20)21;/h4-6,11-12,15,22H,7-10H2,1-3H3,(H,23,24);1H. The molecule has 1 fully saturated rings. The third-order valence-electron chi connectivity index (χ3n) is 4.41. The highest BCUT2D eigenvalue weighted by Crippen LogP contribution is 2.36. The van der Waals surface area contributed by atoms with Crippen LogP contribution in [0.15, 0.2) is 24.3 Å². The van der Waals surface area contributed by atoms with Crippen molar-refractivity contribution in [3.63, 3.8) is 0 Å². The van der Waals surface area contributed by atoms with Gasteiger partial charge in [0.05, 0.1) is 11.6 Å². The van der Waals surface area contributed by atoms with Gasteiger partial charge in [0.2, 0.25) is 5.91 Å². The van der Waals surface area contributed by atoms with E-state index in [-0.39, 0.29) is 24.2 Å². The number of piperidine rings is 1. The summed E-state index contributed by atoms with van der Waals surface area (Å²) in [4.78, 5) is 12.5. The zero-order valence-electron chi connectivity index (χ0n) is 14.7. The van der Waals surface area contributed by atoms with Crippen molar-refractivity contribution in [3.05, 3.63) is 35.4 Å². The Labute approximate surface area is 153 Å². The zero-order chi connectivity index (χ0) is 18.0. The van der Waals surface area contributed by atoms with Crippen molar-refractivity contribution in [3.8, 4) is 0 Å². The molecule has 1 atom stereocenters. The molecule has 1 aliphatic rings. The molecule has 1 saturated heterocycles. The van der Waals surface area contributed by atoms with Crippen LogP contribution in [-0.2, 0) is 11.0 Å². The minimum absolute atomic E-state index is 0. The van der Waals surface area contributed by atoms with Gasteiger partial charge in [0.1, 0.15) is 0 Å². The van der Waals surface area contributed by atoms with Gasteiger partial charge in [-0.15, -0.1) is 12.4 Å². The summed E-state index contributed by atoms with van der Waals surface area (Å²) in [5.41, 5.74) is -0.600. The Morgan fingerprint density at radius 2 is 1.80 bits per heavy atom. The minimum atomic E-state index is -4.39. The molecule has 0 radical (unpaired) electrons. The van der Waals surface area contributed by atoms with Crippen molar-refractivity contribution in [1.29, 1.82) is 0 Å². The predicted octanol–water partition coefficient (Wildman–Crippen LogP) is 4.33. The van der Waals surface area contributed by atoms with Gasteiger partial charge in [-0.05, 0) is 49.0 Å². The van der Waals surface area contributed by atoms with E-state index in [1.54, 1.807) is 6.07 Å². The second-order valence-corrected chi connectivity index (χ2v) is 7.46. The minimum Gasteiger partial charge on any atom is -0.349 e. The summed E-state index contributed by atoms with van der Waals surface area (Å²) < 4.78 is 39.0. The summed E-state index contributed by atoms with van der Waals surface area (Å²) in [5.74, 6) is -0.157. The lowest BCUT2D eigenvalue weighted by Gasteiger charge is -2.34. The largest absolute Gasteiger partial charge is 0.416 e. The van der Waals surface area contributed by atoms with E-state index in [1.807, 2.05) is 20.8 Å². The van der Waals surface area contributed by atoms with E-state index in [1.165, 1.54) is 6.07 Å². The number of amides is 1. The molecule has 1 aromatic rings. The first-order chi connectivity index (χ1) is 11.1. The second-order valence-electron chi connectivity index (χ2n) is 7.46. The second kappa shape index (κ2) is 8.41. The van der Waals surface area contributed by atoms with E-state index in [9.17, 15) is 18.0 Å². The van der Waals surface area contributed by atoms with E-state index in [0.717, 1.165) is 38.1 Å². The number of nitrogens with one attached hydrogen (secondary N) is 2. The maximum atomic E-state index is 13.0. The van der Waals surface area contributed by atoms with E-state index >= 15 is 0 Å². The van der Waals surface area contributed by atoms with E-state index in [4.69, 9.17) is 0 Å². The fourth-order valence-electron chi connectivity index (χ4n) is 3.04. The monoisotopic (exact) mass is 378 g/mol. The Bertz CT molecular complexity index is 578. The van der Waals surface area contributed by atoms with Crippen LogP contribution in [0, 0.1) is 11.3 Å². The molecule has 2 rings (SSSR count). The Morgan fingerprint density at radius 3 is 2.32 bits per heavy atom. The number of benzene rings is 1. The van der Waals surface area contributed by atoms with Crippen LogP contribution in [0.25, 0.3) is 0 Å². The van der Waals surface area contributed by atoms with Crippen molar-refractivity contribution in [2.75, 3.05) is 13.1 Å². The predicted molar refractivity (Wildman–Crippen MR) is 94.6 cm³/mol. The molecule has 25 heavy (non-hydrogen) atoms. The number of carbonyl (C=O) groups is 1. The highest BCUT2D eigenvalue weighted by Gasteiger charge is 2.34. The van der Waals surface area contributed by atoms with Crippen molar-refractivity contribution in [2.45, 2.75) is 45.8 Å². The number of hydrogen-bond acceptors (Lipinski definition) is 2. The van der Waals surface area contributed by atoms with Gasteiger partial charge in [-0.1, -0.05) is 32.9 Å². The number of rotatable bonds is 3. The van der Waals surface area contributed by atoms with Crippen LogP contribution in [0.4, 0.5) is 13.2 Å². The van der Waals surface area contributed by atoms with Crippen molar-refractivity contribution < 1.29 is 18.0 Å². The van der Waals surface area contributed by atoms with Crippen LogP contribution < -0.4 is 10.6 Å². The maximum Gasteiger partial charge on any atom is 0.416 e. The van der Waals surface area contributed by atoms with Gasteiger partial charge in [0, 0.05) is 5.92 Å². The summed E-state index contributed by atoms with van der Waals surface area (Å²) in [7, 11) is 0. The lowest BCUT2D eigenvalue weighted by molar-refractivity contribution is -0.137. The summed E-state index contributed by atoms with van der Waals surface area (Å²) in [5, 5.41) is 6.19. The highest BCUT2D eigenvalue weighted by atomic mass is 35.5. The van der Waals surface area contributed by atoms with E-state index in [0.29, 0.717) is 5.56 Å². The Kier molecular flexibility index (Phi) is 7.32. The topological polar surface area (TPSA) is 41.1 Å². The summed E-state index contributed by atoms with van der Waals surface area (Å²) >= 11 is 0. The summed E-state index contributed by atoms with van der Waals surface area (Å²) in [6.07, 6.45) is -2.88. The molecule has 1 heterocycles. The van der Waals surface area contributed by atoms with Gasteiger partial charge >= 0.3 is 6.18 Å². The highest BCUT2D eigenvalue weighted by molar-refractivity contribution is 5.85. The van der Waals surface area contributed by atoms with E-state index < -0.39 is 23.2 Å². The van der Waals surface area contributed by atoms with Crippen LogP contribution in [0.2, 0.25) is 0 Å². The molecule has 0 aliphatic carbocycles. The molecule has 0 spiro atoms. The first kappa shape index (κ1) is 21.8. The van der Waals surface area contributed by atoms with Gasteiger partial charge in [0.25, 0.3) is 0 Å². The first-order valence-corrected chi connectivity index (χ1v) is 8.27. The van der Waals surface area contributed by atoms with Crippen molar-refractivity contribution in [2.24, 2.45) is 11.3 Å². The van der Waals surface area contributed by atoms with E-state index in [2.05, 4.69) is 10.6 Å². The number of halogens is 4. The van der Waals surface area contributed by atoms with Crippen molar-refractivity contribution >= 4 is 18.3 Å². The summed E-state index contributed by atoms with van der Waals surface area (Å²) in [6, 6.07) is 4.76. The van der Waals surface area contributed by atoms with Crippen LogP contribution in [0.5, 0.6) is 0 Å². The number of hydrogen-bond donors (Lipinski definition) is 2. The Balaban J connectivity index is 0.00000312. The zero-order valence-corrected chi connectivity index (χ0v) is 15.6. The smallest absolute Gasteiger partial charge is 0.349 e. The molecular formula is C18H26ClF3N2O. The fraction of sp³-hybridized carbons (Fsp3) is 0.611. The van der Waals surface area contributed by atoms with Crippen LogP contribution in [0.1, 0.15) is 50.8 Å². The third kappa shape index (κ3) is 5.89. The lowest BCUT2D eigenvalue weighted by atomic mass is 9.81. The normalized spacial score (nSPS) is 17.5. The average molecular weight is 379 g/mol. The molecule has 1 amide bonds. The van der Waals surface area contributed by atoms with Crippen molar-refractivity contribution in [1.82, 2.24) is 10.6 Å². The van der Waals surface area contributed by atoms with Crippen LogP contribution >= 0.6 is 12.4 Å². The third-order valence-corrected chi connectivity index (χ3v) is 4.41. The van der Waals surface area contributed by atoms with Gasteiger partial charge < -0.3 is 10.6 Å². The summed E-state index contributed by atoms with van der Waals surface area (Å²) in [6.45, 7) is 7.34. The molecule has 1 aliphatic heterocycles. The fourth-order valence-corrected chi connectivity index (χ4v) is 3.04. The lowest BCUT2D eigenvalue weighted by Crippen LogP contribution is -2.43. The molecule has 1 unspecified atom stereocenters. The average Bonchev–Trinajstić information content (AvgIpc) is 2.51. The maximum absolute atomic E-state index is 13.0. The molecular weight excluding hydrogens is 353 g/mol. The molecule has 1 aromatic carbocycles. The molecule has 0 bridgehead atoms. The SMILES string of the molecule is CC(C)(C)C(NC(=O)C1CCNCC1)c1cccc(C(F)(F)F)c1.Cl. The molecule has 142 valence electrons. The van der Waals surface area contributed by atoms with Crippen LogP contribution in [-0.4, -0.2) is 19.0 Å². The Morgan fingerprint density at radius 1 is 1.20 bits per heavy atom. The molecule has 0 aromatic heterocycles.